The third-order valence-corrected chi connectivity index (χ3v) is 8.23. The van der Waals surface area contributed by atoms with Crippen LogP contribution in [-0.4, -0.2) is 69.8 Å². The molecular weight excluding hydrogens is 498 g/mol. The number of rotatable bonds is 3. The number of nitrogens with zero attached hydrogens (tertiary/aromatic N) is 5. The predicted octanol–water partition coefficient (Wildman–Crippen LogP) is 3.86. The molecule has 0 spiro atoms. The van der Waals surface area contributed by atoms with E-state index in [1.54, 1.807) is 0 Å². The summed E-state index contributed by atoms with van der Waals surface area (Å²) < 4.78 is 25.9. The van der Waals surface area contributed by atoms with Crippen molar-refractivity contribution >= 4 is 56.1 Å². The zero-order chi connectivity index (χ0) is 25.4. The van der Waals surface area contributed by atoms with Gasteiger partial charge in [-0.25, -0.2) is 13.4 Å². The summed E-state index contributed by atoms with van der Waals surface area (Å²) in [6, 6.07) is 12.2. The topological polar surface area (TPSA) is 93.7 Å². The number of sulfonamides is 1. The first-order chi connectivity index (χ1) is 17.2. The predicted molar refractivity (Wildman–Crippen MR) is 147 cm³/mol. The van der Waals surface area contributed by atoms with E-state index in [-0.39, 0.29) is 0 Å². The van der Waals surface area contributed by atoms with Crippen LogP contribution in [0.3, 0.4) is 0 Å². The number of benzene rings is 2. The van der Waals surface area contributed by atoms with E-state index in [1.807, 2.05) is 18.2 Å². The van der Waals surface area contributed by atoms with Gasteiger partial charge in [-0.15, -0.1) is 0 Å². The lowest BCUT2D eigenvalue weighted by Gasteiger charge is -2.35. The molecule has 2 aromatic carbocycles. The minimum Gasteiger partial charge on any atom is -0.369 e. The minimum atomic E-state index is -3.47. The van der Waals surface area contributed by atoms with Gasteiger partial charge >= 0.3 is 0 Å². The quantitative estimate of drug-likeness (QED) is 0.530. The van der Waals surface area contributed by atoms with Crippen LogP contribution < -0.4 is 19.8 Å². The fraction of sp³-hybridized carbons (Fsp3) is 0.360. The van der Waals surface area contributed by atoms with Gasteiger partial charge in [0.1, 0.15) is 5.02 Å². The lowest BCUT2D eigenvalue weighted by Crippen LogP contribution is -2.44. The summed E-state index contributed by atoms with van der Waals surface area (Å²) in [5.74, 6) is 0.789. The summed E-state index contributed by atoms with van der Waals surface area (Å²) in [6.45, 7) is 4.04. The zero-order valence-electron chi connectivity index (χ0n) is 20.6. The number of halogens is 1. The molecule has 3 heterocycles. The average molecular weight is 528 g/mol. The molecule has 1 aromatic heterocycles. The number of hydrogen-bond acceptors (Lipinski definition) is 8. The molecule has 1 fully saturated rings. The highest BCUT2D eigenvalue weighted by Crippen LogP contribution is 2.35. The number of anilines is 6. The van der Waals surface area contributed by atoms with Crippen molar-refractivity contribution in [2.45, 2.75) is 12.8 Å². The van der Waals surface area contributed by atoms with Crippen LogP contribution in [0.5, 0.6) is 0 Å². The van der Waals surface area contributed by atoms with Gasteiger partial charge in [0.25, 0.3) is 0 Å². The first-order valence-electron chi connectivity index (χ1n) is 11.9. The Morgan fingerprint density at radius 2 is 1.81 bits per heavy atom. The maximum absolute atomic E-state index is 12.3. The van der Waals surface area contributed by atoms with E-state index >= 15 is 0 Å². The largest absolute Gasteiger partial charge is 0.369 e. The molecule has 0 amide bonds. The van der Waals surface area contributed by atoms with Crippen molar-refractivity contribution in [3.63, 3.8) is 0 Å². The number of nitrogens with one attached hydrogen (secondary N) is 2. The molecule has 0 atom stereocenters. The van der Waals surface area contributed by atoms with Gasteiger partial charge in [0.05, 0.1) is 23.8 Å². The smallest absolute Gasteiger partial charge is 0.232 e. The second-order valence-corrected chi connectivity index (χ2v) is 11.8. The van der Waals surface area contributed by atoms with Gasteiger partial charge in [0.15, 0.2) is 5.82 Å². The summed E-state index contributed by atoms with van der Waals surface area (Å²) >= 11 is 6.42. The van der Waals surface area contributed by atoms with Crippen molar-refractivity contribution in [1.82, 2.24) is 14.9 Å². The molecule has 2 aliphatic rings. The highest BCUT2D eigenvalue weighted by Gasteiger charge is 2.21. The summed E-state index contributed by atoms with van der Waals surface area (Å²) in [4.78, 5) is 13.7. The molecule has 5 rings (SSSR count). The summed E-state index contributed by atoms with van der Waals surface area (Å²) in [7, 11) is 0.223. The summed E-state index contributed by atoms with van der Waals surface area (Å²) in [6.07, 6.45) is 4.33. The van der Waals surface area contributed by atoms with E-state index in [0.29, 0.717) is 28.2 Å². The zero-order valence-corrected chi connectivity index (χ0v) is 22.2. The van der Waals surface area contributed by atoms with Gasteiger partial charge < -0.3 is 20.4 Å². The van der Waals surface area contributed by atoms with Gasteiger partial charge in [-0.2, -0.15) is 4.98 Å². The molecule has 0 aliphatic carbocycles. The molecule has 9 nitrogen and oxygen atoms in total. The van der Waals surface area contributed by atoms with Crippen LogP contribution in [0.2, 0.25) is 5.02 Å². The van der Waals surface area contributed by atoms with Crippen molar-refractivity contribution in [2.75, 3.05) is 66.4 Å². The van der Waals surface area contributed by atoms with Crippen molar-refractivity contribution < 1.29 is 8.42 Å². The van der Waals surface area contributed by atoms with Crippen LogP contribution in [-0.2, 0) is 22.9 Å². The first kappa shape index (κ1) is 24.6. The lowest BCUT2D eigenvalue weighted by molar-refractivity contribution is 0.312. The van der Waals surface area contributed by atoms with Crippen LogP contribution in [0.1, 0.15) is 11.1 Å². The molecule has 3 aromatic rings. The average Bonchev–Trinajstić information content (AvgIpc) is 2.85. The van der Waals surface area contributed by atoms with Gasteiger partial charge in [0, 0.05) is 44.6 Å². The van der Waals surface area contributed by atoms with E-state index in [0.717, 1.165) is 50.3 Å². The van der Waals surface area contributed by atoms with Crippen LogP contribution >= 0.6 is 11.6 Å². The summed E-state index contributed by atoms with van der Waals surface area (Å²) in [5, 5.41) is 6.88. The van der Waals surface area contributed by atoms with Crippen LogP contribution in [0.25, 0.3) is 0 Å². The SMILES string of the molecule is CN1CCN(c2ccc3cc2CCc2ccc(N(C)S(C)(=O)=O)c(c2)Nc2nc(ncc2Cl)N3)CC1. The molecule has 0 saturated carbocycles. The maximum atomic E-state index is 12.3. The van der Waals surface area contributed by atoms with Crippen LogP contribution in [0, 0.1) is 0 Å². The van der Waals surface area contributed by atoms with E-state index in [4.69, 9.17) is 11.6 Å². The second kappa shape index (κ2) is 9.76. The molecule has 6 bridgehead atoms. The standard InChI is InChI=1S/C25H30ClN7O2S/c1-31-10-12-33(13-11-31)22-9-7-19-15-18(22)6-4-17-5-8-23(32(2)36(3,34)35)21(14-17)29-24-20(26)16-27-25(28-19)30-24/h5,7-9,14-16H,4,6,10-13H2,1-3H3,(H2,27,28,29,30). The number of likely N-dealkylation sites (N-methyl/N-ethyl adjacent to an activating group) is 1. The Bertz CT molecular complexity index is 1390. The van der Waals surface area contributed by atoms with E-state index in [9.17, 15) is 8.42 Å². The summed E-state index contributed by atoms with van der Waals surface area (Å²) in [5.41, 5.74) is 5.59. The number of aromatic nitrogens is 2. The van der Waals surface area contributed by atoms with Gasteiger partial charge in [0.2, 0.25) is 16.0 Å². The van der Waals surface area contributed by atoms with Gasteiger partial charge in [-0.3, -0.25) is 4.31 Å². The Kier molecular flexibility index (Phi) is 6.67. The Hall–Kier alpha value is -3.08. The Balaban J connectivity index is 1.59. The molecule has 1 saturated heterocycles. The lowest BCUT2D eigenvalue weighted by atomic mass is 10.0. The van der Waals surface area contributed by atoms with E-state index < -0.39 is 10.0 Å². The minimum absolute atomic E-state index is 0.333. The van der Waals surface area contributed by atoms with Crippen molar-refractivity contribution in [3.8, 4) is 0 Å². The Labute approximate surface area is 217 Å². The van der Waals surface area contributed by atoms with Gasteiger partial charge in [-0.1, -0.05) is 17.7 Å². The highest BCUT2D eigenvalue weighted by atomic mass is 35.5. The molecule has 0 radical (unpaired) electrons. The number of hydrogen-bond donors (Lipinski definition) is 2. The fourth-order valence-corrected chi connectivity index (χ4v) is 5.22. The molecule has 11 heteroatoms. The van der Waals surface area contributed by atoms with Crippen molar-refractivity contribution in [1.29, 1.82) is 0 Å². The van der Waals surface area contributed by atoms with E-state index in [1.165, 1.54) is 35.1 Å². The molecule has 2 aliphatic heterocycles. The first-order valence-corrected chi connectivity index (χ1v) is 14.1. The Morgan fingerprint density at radius 1 is 1.03 bits per heavy atom. The Morgan fingerprint density at radius 3 is 2.56 bits per heavy atom. The number of piperazine rings is 1. The van der Waals surface area contributed by atoms with Crippen molar-refractivity contribution in [2.24, 2.45) is 0 Å². The third kappa shape index (κ3) is 5.21. The van der Waals surface area contributed by atoms with Gasteiger partial charge in [-0.05, 0) is 61.3 Å². The molecular formula is C25H30ClN7O2S. The molecule has 2 N–H and O–H groups in total. The van der Waals surface area contributed by atoms with E-state index in [2.05, 4.69) is 55.6 Å². The normalized spacial score (nSPS) is 16.2. The third-order valence-electron chi connectivity index (χ3n) is 6.76. The molecule has 0 unspecified atom stereocenters. The maximum Gasteiger partial charge on any atom is 0.232 e. The number of aryl methyl sites for hydroxylation is 2. The monoisotopic (exact) mass is 527 g/mol. The second-order valence-electron chi connectivity index (χ2n) is 9.36. The molecule has 190 valence electrons. The van der Waals surface area contributed by atoms with Crippen LogP contribution in [0.4, 0.5) is 34.5 Å². The van der Waals surface area contributed by atoms with Crippen LogP contribution in [0.15, 0.2) is 42.6 Å². The van der Waals surface area contributed by atoms with Crippen molar-refractivity contribution in [3.05, 3.63) is 58.7 Å². The fourth-order valence-electron chi connectivity index (χ4n) is 4.56. The number of fused-ring (bicyclic) bond motifs is 6. The molecule has 36 heavy (non-hydrogen) atoms. The highest BCUT2D eigenvalue weighted by molar-refractivity contribution is 7.92.